The summed E-state index contributed by atoms with van der Waals surface area (Å²) in [5, 5.41) is 2.37. The molecule has 0 aliphatic rings. The molecule has 0 heterocycles. The van der Waals surface area contributed by atoms with Crippen LogP contribution in [0.15, 0.2) is 72.8 Å². The van der Waals surface area contributed by atoms with Crippen molar-refractivity contribution in [1.29, 1.82) is 0 Å². The number of rotatable bonds is 4. The SMILES string of the molecule is Cc1ccc(C)c2cc3c(OC(=O)c4ccc(F)cc4F)ccc(OC(=O)c4ccc(F)cc4F)c3cc12. The Balaban J connectivity index is 1.64. The van der Waals surface area contributed by atoms with Crippen molar-refractivity contribution in [2.45, 2.75) is 13.8 Å². The van der Waals surface area contributed by atoms with Crippen molar-refractivity contribution in [3.05, 3.63) is 118 Å². The van der Waals surface area contributed by atoms with E-state index in [1.165, 1.54) is 12.1 Å². The Bertz CT molecular complexity index is 1650. The summed E-state index contributed by atoms with van der Waals surface area (Å²) in [5.41, 5.74) is 0.916. The summed E-state index contributed by atoms with van der Waals surface area (Å²) in [4.78, 5) is 25.5. The highest BCUT2D eigenvalue weighted by molar-refractivity contribution is 6.07. The van der Waals surface area contributed by atoms with Gasteiger partial charge in [-0.25, -0.2) is 27.2 Å². The summed E-state index contributed by atoms with van der Waals surface area (Å²) in [6, 6.07) is 15.0. The maximum atomic E-state index is 14.2. The molecule has 0 unspecified atom stereocenters. The minimum atomic E-state index is -1.08. The van der Waals surface area contributed by atoms with Crippen molar-refractivity contribution in [3.63, 3.8) is 0 Å². The van der Waals surface area contributed by atoms with E-state index in [4.69, 9.17) is 9.47 Å². The lowest BCUT2D eigenvalue weighted by Crippen LogP contribution is -2.13. The van der Waals surface area contributed by atoms with Gasteiger partial charge in [-0.15, -0.1) is 0 Å². The summed E-state index contributed by atoms with van der Waals surface area (Å²) in [6.45, 7) is 3.79. The summed E-state index contributed by atoms with van der Waals surface area (Å²) >= 11 is 0. The summed E-state index contributed by atoms with van der Waals surface area (Å²) in [7, 11) is 0. The molecule has 0 fully saturated rings. The van der Waals surface area contributed by atoms with Crippen LogP contribution in [0.3, 0.4) is 0 Å². The van der Waals surface area contributed by atoms with Crippen LogP contribution in [0.2, 0.25) is 0 Å². The molecule has 5 aromatic carbocycles. The van der Waals surface area contributed by atoms with Crippen LogP contribution in [0, 0.1) is 37.1 Å². The average Bonchev–Trinajstić information content (AvgIpc) is 2.87. The average molecular weight is 518 g/mol. The largest absolute Gasteiger partial charge is 0.422 e. The third-order valence-electron chi connectivity index (χ3n) is 6.22. The van der Waals surface area contributed by atoms with Gasteiger partial charge in [0.1, 0.15) is 34.8 Å². The van der Waals surface area contributed by atoms with E-state index in [2.05, 4.69) is 0 Å². The van der Waals surface area contributed by atoms with Crippen molar-refractivity contribution in [2.24, 2.45) is 0 Å². The Labute approximate surface area is 214 Å². The van der Waals surface area contributed by atoms with E-state index in [-0.39, 0.29) is 11.5 Å². The van der Waals surface area contributed by atoms with Crippen LogP contribution in [0.5, 0.6) is 11.5 Å². The molecule has 0 aromatic heterocycles. The molecule has 8 heteroatoms. The Hall–Kier alpha value is -4.72. The third kappa shape index (κ3) is 4.56. The van der Waals surface area contributed by atoms with Crippen LogP contribution in [0.1, 0.15) is 31.8 Å². The standard InChI is InChI=1S/C30H18F4O4/c1-15-3-4-16(2)22-14-24-23(13-21(15)22)27(37-29(35)19-7-5-17(31)11-25(19)33)9-10-28(24)38-30(36)20-8-6-18(32)12-26(20)34/h3-14H,1-2H3. The van der Waals surface area contributed by atoms with Crippen molar-refractivity contribution in [1.82, 2.24) is 0 Å². The zero-order valence-electron chi connectivity index (χ0n) is 20.1. The van der Waals surface area contributed by atoms with Crippen LogP contribution in [-0.4, -0.2) is 11.9 Å². The van der Waals surface area contributed by atoms with Crippen molar-refractivity contribution in [2.75, 3.05) is 0 Å². The van der Waals surface area contributed by atoms with Crippen LogP contribution in [0.4, 0.5) is 17.6 Å². The van der Waals surface area contributed by atoms with Gasteiger partial charge in [0.05, 0.1) is 11.1 Å². The molecular weight excluding hydrogens is 500 g/mol. The molecule has 0 atom stereocenters. The molecular formula is C30H18F4O4. The highest BCUT2D eigenvalue weighted by atomic mass is 19.1. The summed E-state index contributed by atoms with van der Waals surface area (Å²) in [6.07, 6.45) is 0. The number of carbonyl (C=O) groups excluding carboxylic acids is 2. The Morgan fingerprint density at radius 3 is 1.29 bits per heavy atom. The van der Waals surface area contributed by atoms with Crippen LogP contribution >= 0.6 is 0 Å². The molecule has 0 saturated heterocycles. The number of ether oxygens (including phenoxy) is 2. The molecule has 0 spiro atoms. The molecule has 4 nitrogen and oxygen atoms in total. The number of aryl methyl sites for hydroxylation is 2. The zero-order valence-corrected chi connectivity index (χ0v) is 20.1. The molecule has 0 saturated carbocycles. The lowest BCUT2D eigenvalue weighted by Gasteiger charge is -2.15. The molecule has 0 N–H and O–H groups in total. The Morgan fingerprint density at radius 2 is 0.921 bits per heavy atom. The van der Waals surface area contributed by atoms with E-state index < -0.39 is 46.3 Å². The topological polar surface area (TPSA) is 52.6 Å². The second kappa shape index (κ2) is 9.63. The van der Waals surface area contributed by atoms with E-state index in [0.717, 1.165) is 46.2 Å². The minimum absolute atomic E-state index is 0.0318. The van der Waals surface area contributed by atoms with E-state index in [9.17, 15) is 27.2 Å². The monoisotopic (exact) mass is 518 g/mol. The summed E-state index contributed by atoms with van der Waals surface area (Å²) in [5.74, 6) is -5.89. The number of fused-ring (bicyclic) bond motifs is 2. The van der Waals surface area contributed by atoms with E-state index in [1.54, 1.807) is 12.1 Å². The molecule has 0 aliphatic heterocycles. The van der Waals surface area contributed by atoms with Gasteiger partial charge in [-0.3, -0.25) is 0 Å². The van der Waals surface area contributed by atoms with Crippen LogP contribution < -0.4 is 9.47 Å². The fourth-order valence-electron chi connectivity index (χ4n) is 4.22. The fourth-order valence-corrected chi connectivity index (χ4v) is 4.22. The molecule has 38 heavy (non-hydrogen) atoms. The number of benzene rings is 5. The zero-order chi connectivity index (χ0) is 27.1. The normalized spacial score (nSPS) is 11.1. The number of hydrogen-bond donors (Lipinski definition) is 0. The first kappa shape index (κ1) is 25.0. The van der Waals surface area contributed by atoms with Gasteiger partial charge < -0.3 is 9.47 Å². The maximum absolute atomic E-state index is 14.2. The van der Waals surface area contributed by atoms with Gasteiger partial charge in [0.15, 0.2) is 0 Å². The number of esters is 2. The van der Waals surface area contributed by atoms with Gasteiger partial charge in [0.2, 0.25) is 0 Å². The van der Waals surface area contributed by atoms with E-state index in [0.29, 0.717) is 22.9 Å². The second-order valence-corrected chi connectivity index (χ2v) is 8.73. The Morgan fingerprint density at radius 1 is 0.526 bits per heavy atom. The molecule has 5 aromatic rings. The first-order chi connectivity index (χ1) is 18.1. The summed E-state index contributed by atoms with van der Waals surface area (Å²) < 4.78 is 66.0. The van der Waals surface area contributed by atoms with Crippen molar-refractivity contribution in [3.8, 4) is 11.5 Å². The number of carbonyl (C=O) groups is 2. The van der Waals surface area contributed by atoms with Gasteiger partial charge in [-0.1, -0.05) is 12.1 Å². The van der Waals surface area contributed by atoms with Crippen LogP contribution in [0.25, 0.3) is 21.5 Å². The maximum Gasteiger partial charge on any atom is 0.346 e. The smallest absolute Gasteiger partial charge is 0.346 e. The molecule has 5 rings (SSSR count). The quantitative estimate of drug-likeness (QED) is 0.106. The van der Waals surface area contributed by atoms with Gasteiger partial charge in [0, 0.05) is 22.9 Å². The first-order valence-corrected chi connectivity index (χ1v) is 11.4. The van der Waals surface area contributed by atoms with Gasteiger partial charge in [0.25, 0.3) is 0 Å². The highest BCUT2D eigenvalue weighted by Gasteiger charge is 2.21. The Kier molecular flexibility index (Phi) is 6.32. The fraction of sp³-hybridized carbons (Fsp3) is 0.0667. The lowest BCUT2D eigenvalue weighted by molar-refractivity contribution is 0.0717. The molecule has 190 valence electrons. The van der Waals surface area contributed by atoms with Crippen LogP contribution in [-0.2, 0) is 0 Å². The van der Waals surface area contributed by atoms with Gasteiger partial charge >= 0.3 is 11.9 Å². The van der Waals surface area contributed by atoms with Crippen molar-refractivity contribution >= 4 is 33.5 Å². The van der Waals surface area contributed by atoms with E-state index in [1.807, 2.05) is 26.0 Å². The minimum Gasteiger partial charge on any atom is -0.422 e. The highest BCUT2D eigenvalue weighted by Crippen LogP contribution is 2.38. The molecule has 0 aliphatic carbocycles. The van der Waals surface area contributed by atoms with Gasteiger partial charge in [-0.05, 0) is 84.3 Å². The van der Waals surface area contributed by atoms with Gasteiger partial charge in [-0.2, -0.15) is 0 Å². The predicted octanol–water partition coefficient (Wildman–Crippen LogP) is 7.60. The van der Waals surface area contributed by atoms with Crippen molar-refractivity contribution < 1.29 is 36.6 Å². The first-order valence-electron chi connectivity index (χ1n) is 11.4. The molecule has 0 bridgehead atoms. The third-order valence-corrected chi connectivity index (χ3v) is 6.22. The molecule has 0 amide bonds. The predicted molar refractivity (Wildman–Crippen MR) is 134 cm³/mol. The van der Waals surface area contributed by atoms with E-state index >= 15 is 0 Å². The lowest BCUT2D eigenvalue weighted by atomic mass is 9.96. The number of halogens is 4. The number of hydrogen-bond acceptors (Lipinski definition) is 4. The molecule has 0 radical (unpaired) electrons. The second-order valence-electron chi connectivity index (χ2n) is 8.73.